The number of rotatable bonds is 10. The Hall–Kier alpha value is -2.58. The van der Waals surface area contributed by atoms with Gasteiger partial charge in [-0.15, -0.1) is 13.8 Å². The third-order valence-corrected chi connectivity index (χ3v) is 19.5. The molecule has 2 aliphatic carbocycles. The van der Waals surface area contributed by atoms with Crippen LogP contribution in [0.1, 0.15) is 74.9 Å². The van der Waals surface area contributed by atoms with Crippen LogP contribution < -0.4 is 20.7 Å². The average molecular weight is 881 g/mol. The van der Waals surface area contributed by atoms with Gasteiger partial charge in [0.1, 0.15) is 0 Å². The summed E-state index contributed by atoms with van der Waals surface area (Å²) in [6.45, 7) is 37.1. The summed E-state index contributed by atoms with van der Waals surface area (Å²) in [5, 5.41) is 6.09. The molecule has 4 aromatic carbocycles. The Morgan fingerprint density at radius 2 is 0.746 bits per heavy atom. The fourth-order valence-corrected chi connectivity index (χ4v) is 14.7. The number of hydrogen-bond donors (Lipinski definition) is 0. The Morgan fingerprint density at radius 1 is 0.441 bits per heavy atom. The summed E-state index contributed by atoms with van der Waals surface area (Å²) >= 11 is 0. The Morgan fingerprint density at radius 3 is 1.00 bits per heavy atom. The molecular weight excluding hydrogens is 809 g/mol. The number of allylic oxidation sites excluding steroid dienone is 8. The van der Waals surface area contributed by atoms with Crippen LogP contribution in [-0.2, 0) is 34.6 Å². The predicted molar refractivity (Wildman–Crippen MR) is 269 cm³/mol. The molecule has 0 heterocycles. The standard InChI is InChI=1S/2C26H33Si2.2CH3.Ti/c2*1-18-9-11-23(12-10-18)17-26(16-20(3)21(4)22(26)5)27-24-13-19(2)14-25(15-24)28(6,7)8;;;/h2*9-15H,17H2,1-8H3;2*1H3;/q4*-1;+4. The fraction of sp³-hybridized carbons (Fsp3) is 0.370. The van der Waals surface area contributed by atoms with E-state index >= 15 is 0 Å². The maximum atomic E-state index is 3.92. The van der Waals surface area contributed by atoms with Crippen LogP contribution >= 0.6 is 0 Å². The second kappa shape index (κ2) is 20.5. The van der Waals surface area contributed by atoms with Gasteiger partial charge in [0.2, 0.25) is 0 Å². The van der Waals surface area contributed by atoms with E-state index in [1.807, 2.05) is 0 Å². The van der Waals surface area contributed by atoms with Gasteiger partial charge in [0.05, 0.1) is 35.2 Å². The molecule has 0 fully saturated rings. The second-order valence-electron chi connectivity index (χ2n) is 19.1. The molecule has 308 valence electrons. The van der Waals surface area contributed by atoms with E-state index in [0.29, 0.717) is 19.0 Å². The zero-order chi connectivity index (χ0) is 41.4. The van der Waals surface area contributed by atoms with Crippen LogP contribution in [0.25, 0.3) is 0 Å². The number of hydrogen-bond acceptors (Lipinski definition) is 0. The van der Waals surface area contributed by atoms with Crippen LogP contribution in [0.4, 0.5) is 0 Å². The summed E-state index contributed by atoms with van der Waals surface area (Å²) in [6.07, 6.45) is 9.91. The minimum absolute atomic E-state index is 0. The quantitative estimate of drug-likeness (QED) is 0.110. The average Bonchev–Trinajstić information content (AvgIpc) is 3.43. The predicted octanol–water partition coefficient (Wildman–Crippen LogP) is 12.3. The molecule has 0 N–H and O–H groups in total. The fourth-order valence-electron chi connectivity index (χ4n) is 8.00. The normalized spacial score (nSPS) is 18.9. The zero-order valence-corrected chi connectivity index (χ0v) is 45.6. The Bertz CT molecular complexity index is 2050. The van der Waals surface area contributed by atoms with Crippen LogP contribution in [0, 0.1) is 54.7 Å². The number of benzene rings is 4. The van der Waals surface area contributed by atoms with Gasteiger partial charge < -0.3 is 14.9 Å². The van der Waals surface area contributed by atoms with E-state index in [-0.39, 0.29) is 46.6 Å². The van der Waals surface area contributed by atoms with Crippen molar-refractivity contribution in [1.29, 1.82) is 0 Å². The molecule has 0 spiro atoms. The Balaban J connectivity index is 0.000000387. The van der Waals surface area contributed by atoms with Crippen LogP contribution in [-0.4, -0.2) is 35.2 Å². The van der Waals surface area contributed by atoms with Gasteiger partial charge in [-0.2, -0.15) is 22.3 Å². The van der Waals surface area contributed by atoms with E-state index in [0.717, 1.165) is 12.8 Å². The van der Waals surface area contributed by atoms with Crippen molar-refractivity contribution in [2.75, 3.05) is 0 Å². The summed E-state index contributed by atoms with van der Waals surface area (Å²) in [4.78, 5) is 0. The SMILES string of the molecule is CC1=[C-]C(Cc2ccc(C)cc2)([Si]c2cc(C)cc([Si](C)(C)C)c2)C(C)=C1C.CC1=[C-]C(Cc2ccc(C)cc2)([Si]c2cc(C)cc([Si](C)(C)C)c2)C(C)=C1C.[CH3-].[CH3-].[Ti+4]. The monoisotopic (exact) mass is 880 g/mol. The van der Waals surface area contributed by atoms with Crippen molar-refractivity contribution in [3.8, 4) is 0 Å². The van der Waals surface area contributed by atoms with Gasteiger partial charge in [0.25, 0.3) is 0 Å². The third-order valence-electron chi connectivity index (χ3n) is 12.1. The maximum absolute atomic E-state index is 3.92. The minimum atomic E-state index is -1.33. The Labute approximate surface area is 385 Å². The molecule has 0 bridgehead atoms. The van der Waals surface area contributed by atoms with Crippen molar-refractivity contribution in [2.24, 2.45) is 0 Å². The molecule has 4 aromatic rings. The van der Waals surface area contributed by atoms with Gasteiger partial charge in [-0.05, 0) is 51.7 Å². The van der Waals surface area contributed by atoms with Gasteiger partial charge in [-0.3, -0.25) is 12.2 Å². The number of aryl methyl sites for hydroxylation is 4. The zero-order valence-electron chi connectivity index (χ0n) is 40.0. The van der Waals surface area contributed by atoms with Crippen LogP contribution in [0.2, 0.25) is 49.4 Å². The third kappa shape index (κ3) is 12.7. The van der Waals surface area contributed by atoms with Crippen LogP contribution in [0.15, 0.2) is 118 Å². The maximum Gasteiger partial charge on any atom is 4.00 e. The molecule has 2 aliphatic rings. The Kier molecular flexibility index (Phi) is 18.3. The molecule has 4 radical (unpaired) electrons. The van der Waals surface area contributed by atoms with Crippen molar-refractivity contribution in [3.05, 3.63) is 179 Å². The smallest absolute Gasteiger partial charge is 0.358 e. The topological polar surface area (TPSA) is 0 Å². The minimum Gasteiger partial charge on any atom is -0.358 e. The molecule has 0 aromatic heterocycles. The largest absolute Gasteiger partial charge is 4.00 e. The summed E-state index contributed by atoms with van der Waals surface area (Å²) < 4.78 is 0. The van der Waals surface area contributed by atoms with Crippen molar-refractivity contribution in [2.45, 2.75) is 131 Å². The summed E-state index contributed by atoms with van der Waals surface area (Å²) in [5.74, 6) is 0. The van der Waals surface area contributed by atoms with E-state index in [9.17, 15) is 0 Å². The molecule has 2 unspecified atom stereocenters. The van der Waals surface area contributed by atoms with Gasteiger partial charge >= 0.3 is 21.7 Å². The summed E-state index contributed by atoms with van der Waals surface area (Å²) in [7, 11) is -1.25. The van der Waals surface area contributed by atoms with E-state index in [1.54, 1.807) is 10.4 Å². The molecule has 2 atom stereocenters. The van der Waals surface area contributed by atoms with E-state index < -0.39 is 16.1 Å². The summed E-state index contributed by atoms with van der Waals surface area (Å²) in [6, 6.07) is 32.7. The van der Waals surface area contributed by atoms with E-state index in [4.69, 9.17) is 0 Å². The van der Waals surface area contributed by atoms with Crippen LogP contribution in [0.5, 0.6) is 0 Å². The molecule has 5 heteroatoms. The van der Waals surface area contributed by atoms with Crippen molar-refractivity contribution >= 4 is 55.9 Å². The molecule has 0 saturated heterocycles. The van der Waals surface area contributed by atoms with E-state index in [2.05, 4.69) is 206 Å². The molecule has 6 rings (SSSR count). The first kappa shape index (κ1) is 52.6. The van der Waals surface area contributed by atoms with Gasteiger partial charge in [-0.25, -0.2) is 11.1 Å². The molecular formula is C54H72Si4Ti. The molecule has 59 heavy (non-hydrogen) atoms. The van der Waals surface area contributed by atoms with Gasteiger partial charge in [0, 0.05) is 0 Å². The second-order valence-corrected chi connectivity index (χ2v) is 32.6. The summed E-state index contributed by atoms with van der Waals surface area (Å²) in [5.41, 5.74) is 16.8. The first-order valence-corrected chi connectivity index (χ1v) is 29.5. The van der Waals surface area contributed by atoms with Crippen molar-refractivity contribution < 1.29 is 21.7 Å². The molecule has 0 nitrogen and oxygen atoms in total. The van der Waals surface area contributed by atoms with Crippen molar-refractivity contribution in [1.82, 2.24) is 0 Å². The molecule has 0 saturated carbocycles. The molecule has 0 aliphatic heterocycles. The molecule has 0 amide bonds. The van der Waals surface area contributed by atoms with E-state index in [1.165, 1.54) is 77.2 Å². The van der Waals surface area contributed by atoms with Crippen molar-refractivity contribution in [3.63, 3.8) is 0 Å². The van der Waals surface area contributed by atoms with Gasteiger partial charge in [0.15, 0.2) is 0 Å². The van der Waals surface area contributed by atoms with Gasteiger partial charge in [-0.1, -0.05) is 205 Å². The van der Waals surface area contributed by atoms with Crippen LogP contribution in [0.3, 0.4) is 0 Å². The first-order valence-electron chi connectivity index (χ1n) is 20.5. The first-order chi connectivity index (χ1) is 26.0.